The zero-order valence-electron chi connectivity index (χ0n) is 20.8. The molecule has 0 aliphatic heterocycles. The van der Waals surface area contributed by atoms with E-state index in [0.29, 0.717) is 5.82 Å². The van der Waals surface area contributed by atoms with Crippen LogP contribution in [-0.2, 0) is 0 Å². The van der Waals surface area contributed by atoms with E-state index in [0.717, 1.165) is 39.2 Å². The van der Waals surface area contributed by atoms with Crippen LogP contribution in [0.4, 0.5) is 0 Å². The number of pyridine rings is 1. The molecule has 0 fully saturated rings. The zero-order valence-corrected chi connectivity index (χ0v) is 21.6. The minimum absolute atomic E-state index is 0.710. The van der Waals surface area contributed by atoms with Crippen molar-refractivity contribution in [3.05, 3.63) is 127 Å². The molecule has 0 atom stereocenters. The van der Waals surface area contributed by atoms with Crippen LogP contribution >= 0.6 is 11.3 Å². The molecule has 0 N–H and O–H groups in total. The molecule has 7 aromatic rings. The average molecular weight is 506 g/mol. The first-order valence-corrected chi connectivity index (χ1v) is 13.4. The van der Waals surface area contributed by atoms with E-state index in [1.54, 1.807) is 6.20 Å². The third kappa shape index (κ3) is 4.05. The van der Waals surface area contributed by atoms with Gasteiger partial charge in [0, 0.05) is 54.8 Å². The van der Waals surface area contributed by atoms with Crippen LogP contribution in [-0.4, -0.2) is 15.0 Å². The number of thiophene rings is 1. The van der Waals surface area contributed by atoms with Gasteiger partial charge in [-0.2, -0.15) is 0 Å². The number of nitrogens with zero attached hydrogens (tertiary/aromatic N) is 3. The second kappa shape index (κ2) is 9.33. The average Bonchev–Trinajstić information content (AvgIpc) is 3.36. The van der Waals surface area contributed by atoms with Crippen molar-refractivity contribution in [3.63, 3.8) is 0 Å². The molecule has 38 heavy (non-hydrogen) atoms. The van der Waals surface area contributed by atoms with Crippen LogP contribution in [0.5, 0.6) is 0 Å². The largest absolute Gasteiger partial charge is 0.264 e. The van der Waals surface area contributed by atoms with Gasteiger partial charge < -0.3 is 0 Å². The summed E-state index contributed by atoms with van der Waals surface area (Å²) in [6.07, 6.45) is 3.68. The maximum absolute atomic E-state index is 5.11. The van der Waals surface area contributed by atoms with Crippen LogP contribution in [0, 0.1) is 6.92 Å². The monoisotopic (exact) mass is 505 g/mol. The molecule has 0 aliphatic rings. The summed E-state index contributed by atoms with van der Waals surface area (Å²) in [5.41, 5.74) is 8.36. The van der Waals surface area contributed by atoms with Crippen molar-refractivity contribution in [1.82, 2.24) is 15.0 Å². The van der Waals surface area contributed by atoms with E-state index in [1.165, 1.54) is 25.7 Å². The Balaban J connectivity index is 1.43. The van der Waals surface area contributed by atoms with Crippen molar-refractivity contribution in [3.8, 4) is 45.0 Å². The Morgan fingerprint density at radius 3 is 2.24 bits per heavy atom. The summed E-state index contributed by atoms with van der Waals surface area (Å²) in [5.74, 6) is 0.710. The maximum atomic E-state index is 5.11. The van der Waals surface area contributed by atoms with E-state index in [-0.39, 0.29) is 0 Å². The Labute approximate surface area is 225 Å². The van der Waals surface area contributed by atoms with Crippen LogP contribution in [0.3, 0.4) is 0 Å². The molecule has 0 saturated carbocycles. The van der Waals surface area contributed by atoms with E-state index in [1.807, 2.05) is 23.6 Å². The fraction of sp³-hybridized carbons (Fsp3) is 0.0294. The molecular formula is C34H23N3S. The lowest BCUT2D eigenvalue weighted by atomic mass is 10.0. The topological polar surface area (TPSA) is 38.7 Å². The van der Waals surface area contributed by atoms with Crippen LogP contribution in [0.15, 0.2) is 122 Å². The summed E-state index contributed by atoms with van der Waals surface area (Å²) in [4.78, 5) is 14.5. The molecule has 0 spiro atoms. The van der Waals surface area contributed by atoms with Crippen molar-refractivity contribution in [2.45, 2.75) is 6.92 Å². The normalized spacial score (nSPS) is 11.3. The quantitative estimate of drug-likeness (QED) is 0.239. The van der Waals surface area contributed by atoms with Crippen molar-refractivity contribution >= 4 is 31.5 Å². The predicted octanol–water partition coefficient (Wildman–Crippen LogP) is 9.22. The molecule has 0 bridgehead atoms. The fourth-order valence-corrected chi connectivity index (χ4v) is 6.07. The highest BCUT2D eigenvalue weighted by atomic mass is 32.1. The molecule has 180 valence electrons. The summed E-state index contributed by atoms with van der Waals surface area (Å²) in [5, 5.41) is 2.55. The van der Waals surface area contributed by atoms with Gasteiger partial charge in [-0.15, -0.1) is 11.3 Å². The van der Waals surface area contributed by atoms with Gasteiger partial charge in [0.15, 0.2) is 5.82 Å². The molecule has 4 aromatic carbocycles. The number of hydrogen-bond acceptors (Lipinski definition) is 4. The van der Waals surface area contributed by atoms with Crippen molar-refractivity contribution in [1.29, 1.82) is 0 Å². The number of aryl methyl sites for hydroxylation is 1. The van der Waals surface area contributed by atoms with Crippen LogP contribution in [0.25, 0.3) is 65.2 Å². The molecule has 7 rings (SSSR count). The molecule has 3 aromatic heterocycles. The van der Waals surface area contributed by atoms with E-state index in [2.05, 4.69) is 115 Å². The molecule has 0 radical (unpaired) electrons. The molecular weight excluding hydrogens is 482 g/mol. The Kier molecular flexibility index (Phi) is 5.53. The third-order valence-electron chi connectivity index (χ3n) is 6.94. The summed E-state index contributed by atoms with van der Waals surface area (Å²) >= 11 is 1.83. The van der Waals surface area contributed by atoms with Gasteiger partial charge in [0.2, 0.25) is 0 Å². The number of rotatable bonds is 4. The van der Waals surface area contributed by atoms with Crippen LogP contribution in [0.1, 0.15) is 5.56 Å². The van der Waals surface area contributed by atoms with Gasteiger partial charge in [0.05, 0.1) is 11.4 Å². The van der Waals surface area contributed by atoms with Gasteiger partial charge in [-0.25, -0.2) is 9.97 Å². The van der Waals surface area contributed by atoms with Crippen molar-refractivity contribution in [2.24, 2.45) is 0 Å². The highest BCUT2D eigenvalue weighted by molar-refractivity contribution is 7.25. The first kappa shape index (κ1) is 22.5. The molecule has 0 saturated heterocycles. The standard InChI is InChI=1S/C34H23N3S/c1-22-8-2-3-12-27(22)31-20-30(24-15-16-33-29(19-24)28-13-4-5-14-32(28)38-33)36-34(37-31)25-10-6-9-23(18-25)26-11-7-17-35-21-26/h2-21H,1H3. The lowest BCUT2D eigenvalue weighted by Gasteiger charge is -2.12. The zero-order chi connectivity index (χ0) is 25.5. The molecule has 0 aliphatic carbocycles. The van der Waals surface area contributed by atoms with Crippen molar-refractivity contribution < 1.29 is 0 Å². The number of aromatic nitrogens is 3. The van der Waals surface area contributed by atoms with E-state index in [4.69, 9.17) is 9.97 Å². The van der Waals surface area contributed by atoms with Gasteiger partial charge in [-0.1, -0.05) is 72.8 Å². The second-order valence-electron chi connectivity index (χ2n) is 9.41. The Morgan fingerprint density at radius 1 is 0.553 bits per heavy atom. The Hall–Kier alpha value is -4.67. The van der Waals surface area contributed by atoms with E-state index >= 15 is 0 Å². The predicted molar refractivity (Wildman–Crippen MR) is 159 cm³/mol. The lowest BCUT2D eigenvalue weighted by Crippen LogP contribution is -1.97. The highest BCUT2D eigenvalue weighted by Crippen LogP contribution is 2.37. The van der Waals surface area contributed by atoms with Gasteiger partial charge in [-0.05, 0) is 54.4 Å². The van der Waals surface area contributed by atoms with E-state index < -0.39 is 0 Å². The number of benzene rings is 4. The first-order valence-electron chi connectivity index (χ1n) is 12.6. The van der Waals surface area contributed by atoms with Gasteiger partial charge in [-0.3, -0.25) is 4.98 Å². The van der Waals surface area contributed by atoms with Crippen LogP contribution in [0.2, 0.25) is 0 Å². The molecule has 0 unspecified atom stereocenters. The van der Waals surface area contributed by atoms with Gasteiger partial charge in [0.25, 0.3) is 0 Å². The summed E-state index contributed by atoms with van der Waals surface area (Å²) < 4.78 is 2.59. The first-order chi connectivity index (χ1) is 18.7. The number of fused-ring (bicyclic) bond motifs is 3. The molecule has 4 heteroatoms. The third-order valence-corrected chi connectivity index (χ3v) is 8.09. The molecule has 3 heterocycles. The molecule has 3 nitrogen and oxygen atoms in total. The molecule has 0 amide bonds. The smallest absolute Gasteiger partial charge is 0.160 e. The Bertz CT molecular complexity index is 1940. The maximum Gasteiger partial charge on any atom is 0.160 e. The fourth-order valence-electron chi connectivity index (χ4n) is 4.98. The minimum atomic E-state index is 0.710. The van der Waals surface area contributed by atoms with Crippen molar-refractivity contribution in [2.75, 3.05) is 0 Å². The minimum Gasteiger partial charge on any atom is -0.264 e. The summed E-state index contributed by atoms with van der Waals surface area (Å²) in [6.45, 7) is 2.13. The number of hydrogen-bond donors (Lipinski definition) is 0. The second-order valence-corrected chi connectivity index (χ2v) is 10.5. The van der Waals surface area contributed by atoms with Gasteiger partial charge in [0.1, 0.15) is 0 Å². The highest BCUT2D eigenvalue weighted by Gasteiger charge is 2.14. The summed E-state index contributed by atoms with van der Waals surface area (Å²) in [6, 6.07) is 38.2. The van der Waals surface area contributed by atoms with Crippen LogP contribution < -0.4 is 0 Å². The Morgan fingerprint density at radius 2 is 1.34 bits per heavy atom. The lowest BCUT2D eigenvalue weighted by molar-refractivity contribution is 1.18. The van der Waals surface area contributed by atoms with E-state index in [9.17, 15) is 0 Å². The van der Waals surface area contributed by atoms with Gasteiger partial charge >= 0.3 is 0 Å². The summed E-state index contributed by atoms with van der Waals surface area (Å²) in [7, 11) is 0. The SMILES string of the molecule is Cc1ccccc1-c1cc(-c2ccc3sc4ccccc4c3c2)nc(-c2cccc(-c3cccnc3)c2)n1.